The van der Waals surface area contributed by atoms with Crippen LogP contribution in [0.1, 0.15) is 26.7 Å². The second kappa shape index (κ2) is 3.60. The molecule has 0 nitrogen and oxygen atoms in total. The summed E-state index contributed by atoms with van der Waals surface area (Å²) in [6, 6.07) is 0. The van der Waals surface area contributed by atoms with Crippen molar-refractivity contribution < 1.29 is 0 Å². The molecule has 0 fully saturated rings. The lowest BCUT2D eigenvalue weighted by Gasteiger charge is -2.11. The molecule has 10 heavy (non-hydrogen) atoms. The molecule has 0 radical (unpaired) electrons. The maximum Gasteiger partial charge on any atom is -0.0169 e. The number of allylic oxidation sites excluding steroid dienone is 4. The first kappa shape index (κ1) is 7.59. The molecular formula is C10H16. The average Bonchev–Trinajstić information content (AvgIpc) is 1.83. The van der Waals surface area contributed by atoms with Crippen LogP contribution >= 0.6 is 0 Å². The third kappa shape index (κ3) is 2.38. The van der Waals surface area contributed by atoms with Crippen LogP contribution in [0.3, 0.4) is 0 Å². The van der Waals surface area contributed by atoms with E-state index in [0.717, 1.165) is 18.3 Å². The third-order valence-corrected chi connectivity index (χ3v) is 1.94. The van der Waals surface area contributed by atoms with E-state index in [1.165, 1.54) is 6.42 Å². The molecule has 0 N–H and O–H groups in total. The van der Waals surface area contributed by atoms with Gasteiger partial charge in [-0.2, -0.15) is 0 Å². The van der Waals surface area contributed by atoms with Gasteiger partial charge in [0, 0.05) is 0 Å². The zero-order valence-electron chi connectivity index (χ0n) is 6.88. The summed E-state index contributed by atoms with van der Waals surface area (Å²) in [5, 5.41) is 0. The van der Waals surface area contributed by atoms with Gasteiger partial charge < -0.3 is 0 Å². The fourth-order valence-electron chi connectivity index (χ4n) is 1.44. The molecule has 0 bridgehead atoms. The quantitative estimate of drug-likeness (QED) is 0.449. The first-order valence-corrected chi connectivity index (χ1v) is 4.12. The van der Waals surface area contributed by atoms with Gasteiger partial charge in [0.05, 0.1) is 0 Å². The highest BCUT2D eigenvalue weighted by atomic mass is 14.1. The monoisotopic (exact) mass is 136 g/mol. The predicted octanol–water partition coefficient (Wildman–Crippen LogP) is 3.16. The topological polar surface area (TPSA) is 0 Å². The van der Waals surface area contributed by atoms with Gasteiger partial charge in [-0.15, -0.1) is 0 Å². The van der Waals surface area contributed by atoms with Crippen molar-refractivity contribution in [2.45, 2.75) is 26.7 Å². The fraction of sp³-hybridized carbons (Fsp3) is 0.600. The van der Waals surface area contributed by atoms with Crippen LogP contribution in [0, 0.1) is 11.8 Å². The van der Waals surface area contributed by atoms with Gasteiger partial charge in [-0.05, 0) is 24.7 Å². The van der Waals surface area contributed by atoms with Crippen LogP contribution in [0.4, 0.5) is 0 Å². The van der Waals surface area contributed by atoms with Crippen LogP contribution in [0.5, 0.6) is 0 Å². The van der Waals surface area contributed by atoms with E-state index >= 15 is 0 Å². The molecule has 0 saturated carbocycles. The normalized spacial score (nSPS) is 33.4. The molecule has 1 rings (SSSR count). The van der Waals surface area contributed by atoms with Crippen molar-refractivity contribution in [3.8, 4) is 0 Å². The Kier molecular flexibility index (Phi) is 2.73. The summed E-state index contributed by atoms with van der Waals surface area (Å²) in [5.41, 5.74) is 0. The average molecular weight is 136 g/mol. The molecule has 56 valence electrons. The highest BCUT2D eigenvalue weighted by Gasteiger charge is 2.03. The van der Waals surface area contributed by atoms with Gasteiger partial charge in [0.25, 0.3) is 0 Å². The van der Waals surface area contributed by atoms with Crippen molar-refractivity contribution >= 4 is 0 Å². The van der Waals surface area contributed by atoms with Crippen molar-refractivity contribution in [1.29, 1.82) is 0 Å². The van der Waals surface area contributed by atoms with Crippen LogP contribution in [0.2, 0.25) is 0 Å². The summed E-state index contributed by atoms with van der Waals surface area (Å²) in [5.74, 6) is 1.53. The molecule has 1 aliphatic carbocycles. The molecule has 0 spiro atoms. The lowest BCUT2D eigenvalue weighted by Crippen LogP contribution is -1.99. The van der Waals surface area contributed by atoms with Gasteiger partial charge in [0.15, 0.2) is 0 Å². The molecule has 0 aliphatic heterocycles. The van der Waals surface area contributed by atoms with Gasteiger partial charge in [-0.25, -0.2) is 0 Å². The summed E-state index contributed by atoms with van der Waals surface area (Å²) in [6.45, 7) is 4.57. The minimum absolute atomic E-state index is 0.764. The standard InChI is InChI=1S/C10H16/c1-9-6-4-3-5-7-10(2)8-9/h4-7,9-10H,3,8H2,1-2H3. The van der Waals surface area contributed by atoms with Gasteiger partial charge in [0.1, 0.15) is 0 Å². The summed E-state index contributed by atoms with van der Waals surface area (Å²) < 4.78 is 0. The first-order valence-electron chi connectivity index (χ1n) is 4.12. The Balaban J connectivity index is 2.51. The van der Waals surface area contributed by atoms with Crippen molar-refractivity contribution in [1.82, 2.24) is 0 Å². The molecule has 2 unspecified atom stereocenters. The molecule has 0 saturated heterocycles. The van der Waals surface area contributed by atoms with Crippen molar-refractivity contribution in [3.05, 3.63) is 24.3 Å². The molecule has 1 aliphatic rings. The maximum absolute atomic E-state index is 2.32. The Morgan fingerprint density at radius 3 is 2.00 bits per heavy atom. The molecule has 0 heteroatoms. The van der Waals surface area contributed by atoms with Gasteiger partial charge in [0.2, 0.25) is 0 Å². The van der Waals surface area contributed by atoms with Crippen molar-refractivity contribution in [2.24, 2.45) is 11.8 Å². The number of rotatable bonds is 0. The van der Waals surface area contributed by atoms with Crippen LogP contribution in [-0.2, 0) is 0 Å². The van der Waals surface area contributed by atoms with E-state index in [1.54, 1.807) is 0 Å². The minimum Gasteiger partial charge on any atom is -0.0854 e. The Hall–Kier alpha value is -0.520. The zero-order valence-corrected chi connectivity index (χ0v) is 6.88. The third-order valence-electron chi connectivity index (χ3n) is 1.94. The number of hydrogen-bond donors (Lipinski definition) is 0. The van der Waals surface area contributed by atoms with E-state index < -0.39 is 0 Å². The Morgan fingerprint density at radius 2 is 1.50 bits per heavy atom. The number of hydrogen-bond acceptors (Lipinski definition) is 0. The minimum atomic E-state index is 0.764. The highest BCUT2D eigenvalue weighted by Crippen LogP contribution is 2.16. The van der Waals surface area contributed by atoms with Gasteiger partial charge in [-0.3, -0.25) is 0 Å². The Labute approximate surface area is 63.6 Å². The second-order valence-electron chi connectivity index (χ2n) is 3.28. The maximum atomic E-state index is 2.32. The summed E-state index contributed by atoms with van der Waals surface area (Å²) in [7, 11) is 0. The van der Waals surface area contributed by atoms with E-state index in [9.17, 15) is 0 Å². The fourth-order valence-corrected chi connectivity index (χ4v) is 1.44. The van der Waals surface area contributed by atoms with Crippen molar-refractivity contribution in [3.63, 3.8) is 0 Å². The molecule has 0 aromatic carbocycles. The van der Waals surface area contributed by atoms with E-state index in [2.05, 4.69) is 38.2 Å². The zero-order chi connectivity index (χ0) is 7.40. The summed E-state index contributed by atoms with van der Waals surface area (Å²) >= 11 is 0. The predicted molar refractivity (Wildman–Crippen MR) is 45.8 cm³/mol. The smallest absolute Gasteiger partial charge is 0.0169 e. The lowest BCUT2D eigenvalue weighted by atomic mass is 9.94. The van der Waals surface area contributed by atoms with Gasteiger partial charge >= 0.3 is 0 Å². The van der Waals surface area contributed by atoms with E-state index in [1.807, 2.05) is 0 Å². The summed E-state index contributed by atoms with van der Waals surface area (Å²) in [6.07, 6.45) is 11.6. The SMILES string of the molecule is CC1C=CCC=CC(C)C1. The Bertz CT molecular complexity index is 126. The van der Waals surface area contributed by atoms with E-state index in [0.29, 0.717) is 0 Å². The largest absolute Gasteiger partial charge is 0.0854 e. The van der Waals surface area contributed by atoms with Crippen LogP contribution in [0.15, 0.2) is 24.3 Å². The van der Waals surface area contributed by atoms with Crippen LogP contribution < -0.4 is 0 Å². The van der Waals surface area contributed by atoms with E-state index in [4.69, 9.17) is 0 Å². The molecular weight excluding hydrogens is 120 g/mol. The Morgan fingerprint density at radius 1 is 1.00 bits per heavy atom. The van der Waals surface area contributed by atoms with Crippen LogP contribution in [-0.4, -0.2) is 0 Å². The molecule has 0 amide bonds. The molecule has 0 heterocycles. The summed E-state index contributed by atoms with van der Waals surface area (Å²) in [4.78, 5) is 0. The highest BCUT2D eigenvalue weighted by molar-refractivity contribution is 5.00. The molecule has 0 aromatic rings. The van der Waals surface area contributed by atoms with E-state index in [-0.39, 0.29) is 0 Å². The second-order valence-corrected chi connectivity index (χ2v) is 3.28. The van der Waals surface area contributed by atoms with Gasteiger partial charge in [-0.1, -0.05) is 38.2 Å². The van der Waals surface area contributed by atoms with Crippen molar-refractivity contribution in [2.75, 3.05) is 0 Å². The molecule has 2 atom stereocenters. The molecule has 0 aromatic heterocycles. The van der Waals surface area contributed by atoms with Crippen LogP contribution in [0.25, 0.3) is 0 Å². The first-order chi connectivity index (χ1) is 4.79. The lowest BCUT2D eigenvalue weighted by molar-refractivity contribution is 0.539.